The molecule has 0 aromatic heterocycles. The summed E-state index contributed by atoms with van der Waals surface area (Å²) in [5.41, 5.74) is 0. The molecule has 3 nitrogen and oxygen atoms in total. The molecule has 0 aliphatic rings. The fourth-order valence-electron chi connectivity index (χ4n) is 1.40. The average Bonchev–Trinajstić information content (AvgIpc) is 2.16. The summed E-state index contributed by atoms with van der Waals surface area (Å²) >= 11 is 0. The molecule has 0 fully saturated rings. The smallest absolute Gasteiger partial charge is 0.0518 e. The lowest BCUT2D eigenvalue weighted by molar-refractivity contribution is 0.0770. The fraction of sp³-hybridized carbons (Fsp3) is 1.00. The Balaban J connectivity index is 3.04. The minimum absolute atomic E-state index is 0.362. The van der Waals surface area contributed by atoms with E-state index in [1.54, 1.807) is 0 Å². The number of rotatable bonds is 10. The van der Waals surface area contributed by atoms with Crippen LogP contribution in [0.3, 0.4) is 0 Å². The van der Waals surface area contributed by atoms with E-state index in [0.717, 1.165) is 32.7 Å². The molecule has 92 valence electrons. The van der Waals surface area contributed by atoms with Crippen LogP contribution in [-0.4, -0.2) is 50.8 Å². The van der Waals surface area contributed by atoms with Gasteiger partial charge in [0, 0.05) is 19.7 Å². The highest BCUT2D eigenvalue weighted by atomic mass is 16.5. The first-order valence-corrected chi connectivity index (χ1v) is 6.17. The van der Waals surface area contributed by atoms with Gasteiger partial charge in [-0.1, -0.05) is 6.92 Å². The van der Waals surface area contributed by atoms with Crippen LogP contribution in [0.25, 0.3) is 0 Å². The molecular weight excluding hydrogens is 188 g/mol. The van der Waals surface area contributed by atoms with Crippen molar-refractivity contribution in [2.24, 2.45) is 0 Å². The standard InChI is InChI=1S/C12H28N2O/c1-5-9-14(4)10-8-13-7-6-11-15-12(2)3/h12-13H,5-11H2,1-4H3. The Hall–Kier alpha value is -0.120. The molecule has 0 radical (unpaired) electrons. The highest BCUT2D eigenvalue weighted by Crippen LogP contribution is 1.89. The molecule has 0 saturated carbocycles. The van der Waals surface area contributed by atoms with E-state index in [2.05, 4.69) is 38.0 Å². The molecule has 0 atom stereocenters. The summed E-state index contributed by atoms with van der Waals surface area (Å²) in [4.78, 5) is 2.36. The molecule has 0 saturated heterocycles. The molecule has 3 heteroatoms. The third kappa shape index (κ3) is 11.8. The molecule has 0 unspecified atom stereocenters. The average molecular weight is 216 g/mol. The van der Waals surface area contributed by atoms with Gasteiger partial charge in [-0.3, -0.25) is 0 Å². The summed E-state index contributed by atoms with van der Waals surface area (Å²) in [6, 6.07) is 0. The van der Waals surface area contributed by atoms with Crippen LogP contribution in [0.5, 0.6) is 0 Å². The van der Waals surface area contributed by atoms with E-state index < -0.39 is 0 Å². The predicted octanol–water partition coefficient (Wildman–Crippen LogP) is 1.73. The van der Waals surface area contributed by atoms with Crippen LogP contribution in [0.15, 0.2) is 0 Å². The molecule has 0 rings (SSSR count). The molecule has 0 aliphatic carbocycles. The third-order valence-corrected chi connectivity index (χ3v) is 2.22. The monoisotopic (exact) mass is 216 g/mol. The van der Waals surface area contributed by atoms with Gasteiger partial charge in [-0.05, 0) is 46.8 Å². The van der Waals surface area contributed by atoms with Gasteiger partial charge < -0.3 is 15.0 Å². The van der Waals surface area contributed by atoms with E-state index in [1.807, 2.05) is 0 Å². The van der Waals surface area contributed by atoms with Gasteiger partial charge in [0.25, 0.3) is 0 Å². The maximum absolute atomic E-state index is 5.46. The highest BCUT2D eigenvalue weighted by molar-refractivity contribution is 4.54. The van der Waals surface area contributed by atoms with Crippen molar-refractivity contribution in [1.29, 1.82) is 0 Å². The molecular formula is C12H28N2O. The van der Waals surface area contributed by atoms with Gasteiger partial charge in [-0.25, -0.2) is 0 Å². The molecule has 0 spiro atoms. The largest absolute Gasteiger partial charge is 0.379 e. The van der Waals surface area contributed by atoms with Crippen LogP contribution in [0.2, 0.25) is 0 Å². The summed E-state index contributed by atoms with van der Waals surface area (Å²) in [6.45, 7) is 11.7. The van der Waals surface area contributed by atoms with Crippen LogP contribution >= 0.6 is 0 Å². The van der Waals surface area contributed by atoms with Crippen LogP contribution in [0.4, 0.5) is 0 Å². The zero-order valence-corrected chi connectivity index (χ0v) is 10.9. The minimum Gasteiger partial charge on any atom is -0.379 e. The Morgan fingerprint density at radius 2 is 1.93 bits per heavy atom. The highest BCUT2D eigenvalue weighted by Gasteiger charge is 1.96. The van der Waals surface area contributed by atoms with E-state index in [9.17, 15) is 0 Å². The lowest BCUT2D eigenvalue weighted by atomic mass is 10.4. The second-order valence-corrected chi connectivity index (χ2v) is 4.33. The van der Waals surface area contributed by atoms with Crippen LogP contribution in [0, 0.1) is 0 Å². The summed E-state index contributed by atoms with van der Waals surface area (Å²) in [5.74, 6) is 0. The first-order chi connectivity index (χ1) is 7.16. The number of hydrogen-bond donors (Lipinski definition) is 1. The molecule has 0 amide bonds. The maximum atomic E-state index is 5.46. The van der Waals surface area contributed by atoms with Crippen molar-refractivity contribution in [3.05, 3.63) is 0 Å². The number of hydrogen-bond acceptors (Lipinski definition) is 3. The third-order valence-electron chi connectivity index (χ3n) is 2.22. The zero-order chi connectivity index (χ0) is 11.5. The van der Waals surface area contributed by atoms with Gasteiger partial charge in [0.05, 0.1) is 6.10 Å². The second kappa shape index (κ2) is 10.4. The van der Waals surface area contributed by atoms with E-state index in [4.69, 9.17) is 4.74 Å². The molecule has 0 aliphatic heterocycles. The van der Waals surface area contributed by atoms with Crippen molar-refractivity contribution in [3.63, 3.8) is 0 Å². The summed E-state index contributed by atoms with van der Waals surface area (Å²) < 4.78 is 5.46. The molecule has 0 aromatic rings. The Bertz CT molecular complexity index is 129. The Kier molecular flexibility index (Phi) is 10.3. The maximum Gasteiger partial charge on any atom is 0.0518 e. The second-order valence-electron chi connectivity index (χ2n) is 4.33. The van der Waals surface area contributed by atoms with E-state index >= 15 is 0 Å². The predicted molar refractivity (Wildman–Crippen MR) is 66.4 cm³/mol. The number of ether oxygens (including phenoxy) is 1. The molecule has 0 aromatic carbocycles. The van der Waals surface area contributed by atoms with Gasteiger partial charge in [0.2, 0.25) is 0 Å². The summed E-state index contributed by atoms with van der Waals surface area (Å²) in [5, 5.41) is 3.43. The first kappa shape index (κ1) is 14.9. The fourth-order valence-corrected chi connectivity index (χ4v) is 1.40. The Labute approximate surface area is 95.2 Å². The van der Waals surface area contributed by atoms with Crippen LogP contribution in [-0.2, 0) is 4.74 Å². The zero-order valence-electron chi connectivity index (χ0n) is 10.9. The van der Waals surface area contributed by atoms with Crippen molar-refractivity contribution in [2.75, 3.05) is 39.8 Å². The van der Waals surface area contributed by atoms with E-state index in [0.29, 0.717) is 6.10 Å². The molecule has 0 bridgehead atoms. The van der Waals surface area contributed by atoms with Gasteiger partial charge in [0.15, 0.2) is 0 Å². The quantitative estimate of drug-likeness (QED) is 0.563. The number of nitrogens with one attached hydrogen (secondary N) is 1. The van der Waals surface area contributed by atoms with Crippen molar-refractivity contribution in [1.82, 2.24) is 10.2 Å². The van der Waals surface area contributed by atoms with Gasteiger partial charge in [-0.15, -0.1) is 0 Å². The van der Waals surface area contributed by atoms with Crippen LogP contribution < -0.4 is 5.32 Å². The Morgan fingerprint density at radius 3 is 2.53 bits per heavy atom. The number of nitrogens with zero attached hydrogens (tertiary/aromatic N) is 1. The SMILES string of the molecule is CCCN(C)CCNCCCOC(C)C. The number of likely N-dealkylation sites (N-methyl/N-ethyl adjacent to an activating group) is 1. The molecule has 0 heterocycles. The van der Waals surface area contributed by atoms with Gasteiger partial charge >= 0.3 is 0 Å². The Morgan fingerprint density at radius 1 is 1.20 bits per heavy atom. The van der Waals surface area contributed by atoms with Gasteiger partial charge in [0.1, 0.15) is 0 Å². The van der Waals surface area contributed by atoms with Crippen molar-refractivity contribution in [2.45, 2.75) is 39.7 Å². The first-order valence-electron chi connectivity index (χ1n) is 6.17. The van der Waals surface area contributed by atoms with Crippen molar-refractivity contribution >= 4 is 0 Å². The van der Waals surface area contributed by atoms with Gasteiger partial charge in [-0.2, -0.15) is 0 Å². The molecule has 1 N–H and O–H groups in total. The molecule has 15 heavy (non-hydrogen) atoms. The normalized spacial score (nSPS) is 11.6. The summed E-state index contributed by atoms with van der Waals surface area (Å²) in [6.07, 6.45) is 2.70. The lowest BCUT2D eigenvalue weighted by Gasteiger charge is -2.15. The van der Waals surface area contributed by atoms with Crippen molar-refractivity contribution < 1.29 is 4.74 Å². The topological polar surface area (TPSA) is 24.5 Å². The van der Waals surface area contributed by atoms with E-state index in [-0.39, 0.29) is 0 Å². The summed E-state index contributed by atoms with van der Waals surface area (Å²) in [7, 11) is 2.17. The van der Waals surface area contributed by atoms with E-state index in [1.165, 1.54) is 13.0 Å². The van der Waals surface area contributed by atoms with Crippen LogP contribution in [0.1, 0.15) is 33.6 Å². The van der Waals surface area contributed by atoms with Crippen molar-refractivity contribution in [3.8, 4) is 0 Å². The minimum atomic E-state index is 0.362. The lowest BCUT2D eigenvalue weighted by Crippen LogP contribution is -2.30.